The molecular weight excluding hydrogens is 400 g/mol. The van der Waals surface area contributed by atoms with E-state index in [9.17, 15) is 0 Å². The zero-order chi connectivity index (χ0) is 23.8. The van der Waals surface area contributed by atoms with Crippen LogP contribution in [-0.4, -0.2) is 6.61 Å². The Morgan fingerprint density at radius 2 is 1.00 bits per heavy atom. The molecule has 0 N–H and O–H groups in total. The third-order valence-electron chi connectivity index (χ3n) is 6.56. The van der Waals surface area contributed by atoms with Crippen LogP contribution in [0.3, 0.4) is 0 Å². The van der Waals surface area contributed by atoms with Gasteiger partial charge in [0.15, 0.2) is 0 Å². The second-order valence-electron chi connectivity index (χ2n) is 9.57. The van der Waals surface area contributed by atoms with E-state index >= 15 is 0 Å². The molecule has 0 aliphatic heterocycles. The quantitative estimate of drug-likeness (QED) is 0.126. The topological polar surface area (TPSA) is 9.23 Å². The lowest BCUT2D eigenvalue weighted by atomic mass is 10.0. The monoisotopic (exact) mass is 450 g/mol. The van der Waals surface area contributed by atoms with Gasteiger partial charge < -0.3 is 4.74 Å². The molecule has 0 amide bonds. The molecule has 0 unspecified atom stereocenters. The molecule has 1 aromatic carbocycles. The maximum absolute atomic E-state index is 5.87. The summed E-state index contributed by atoms with van der Waals surface area (Å²) in [6.45, 7) is 3.00. The average Bonchev–Trinajstić information content (AvgIpc) is 2.84. The molecule has 0 fully saturated rings. The molecule has 0 radical (unpaired) electrons. The van der Waals surface area contributed by atoms with E-state index in [0.29, 0.717) is 6.61 Å². The molecule has 33 heavy (non-hydrogen) atoms. The third-order valence-corrected chi connectivity index (χ3v) is 6.56. The summed E-state index contributed by atoms with van der Waals surface area (Å²) in [5, 5.41) is 0. The fourth-order valence-corrected chi connectivity index (χ4v) is 4.39. The van der Waals surface area contributed by atoms with Crippen LogP contribution < -0.4 is 4.74 Å². The van der Waals surface area contributed by atoms with E-state index in [2.05, 4.69) is 18.8 Å². The van der Waals surface area contributed by atoms with Gasteiger partial charge in [0.2, 0.25) is 0 Å². The summed E-state index contributed by atoms with van der Waals surface area (Å²) < 4.78 is 5.87. The van der Waals surface area contributed by atoms with E-state index < -0.39 is 0 Å². The summed E-state index contributed by atoms with van der Waals surface area (Å²) >= 11 is 0. The van der Waals surface area contributed by atoms with Crippen molar-refractivity contribution >= 4 is 0 Å². The van der Waals surface area contributed by atoms with Crippen molar-refractivity contribution in [3.63, 3.8) is 0 Å². The zero-order valence-electron chi connectivity index (χ0n) is 21.6. The van der Waals surface area contributed by atoms with Crippen LogP contribution in [0, 0.1) is 24.7 Å². The Balaban J connectivity index is 1.81. The Morgan fingerprint density at radius 3 is 1.39 bits per heavy atom. The van der Waals surface area contributed by atoms with E-state index in [1.807, 2.05) is 18.2 Å². The van der Waals surface area contributed by atoms with Crippen molar-refractivity contribution in [3.05, 3.63) is 29.3 Å². The predicted molar refractivity (Wildman–Crippen MR) is 146 cm³/mol. The maximum atomic E-state index is 5.87. The minimum absolute atomic E-state index is 0.710. The van der Waals surface area contributed by atoms with Crippen LogP contribution in [-0.2, 0) is 0 Å². The number of hydrogen-bond donors (Lipinski definition) is 0. The van der Waals surface area contributed by atoms with Gasteiger partial charge in [-0.1, -0.05) is 141 Å². The van der Waals surface area contributed by atoms with Gasteiger partial charge in [-0.15, -0.1) is 12.8 Å². The van der Waals surface area contributed by atoms with Gasteiger partial charge in [-0.25, -0.2) is 0 Å². The van der Waals surface area contributed by atoms with Crippen molar-refractivity contribution < 1.29 is 4.74 Å². The zero-order valence-corrected chi connectivity index (χ0v) is 21.6. The van der Waals surface area contributed by atoms with Crippen LogP contribution in [0.25, 0.3) is 0 Å². The number of ether oxygens (including phenoxy) is 1. The van der Waals surface area contributed by atoms with Gasteiger partial charge in [0.05, 0.1) is 12.2 Å². The highest BCUT2D eigenvalue weighted by Crippen LogP contribution is 2.20. The number of hydrogen-bond acceptors (Lipinski definition) is 1. The minimum Gasteiger partial charge on any atom is -0.492 e. The molecular formula is C32H50O. The first kappa shape index (κ1) is 29.2. The highest BCUT2D eigenvalue weighted by Gasteiger charge is 2.02. The second-order valence-corrected chi connectivity index (χ2v) is 9.57. The summed E-state index contributed by atoms with van der Waals surface area (Å²) in [6, 6.07) is 5.59. The van der Waals surface area contributed by atoms with Gasteiger partial charge in [0, 0.05) is 5.56 Å². The summed E-state index contributed by atoms with van der Waals surface area (Å²) in [6.07, 6.45) is 38.9. The lowest BCUT2D eigenvalue weighted by Gasteiger charge is -2.09. The average molecular weight is 451 g/mol. The van der Waals surface area contributed by atoms with Gasteiger partial charge in [0.1, 0.15) is 5.75 Å². The number of terminal acetylenes is 2. The molecule has 184 valence electrons. The molecule has 0 aromatic heterocycles. The summed E-state index contributed by atoms with van der Waals surface area (Å²) in [5.41, 5.74) is 1.59. The SMILES string of the molecule is C#Cc1ccc(C#C)c(OCCCCCCCCCCCCCCCCCCCCCC)c1. The van der Waals surface area contributed by atoms with Gasteiger partial charge in [-0.05, 0) is 24.6 Å². The fourth-order valence-electron chi connectivity index (χ4n) is 4.39. The normalized spacial score (nSPS) is 10.6. The fraction of sp³-hybridized carbons (Fsp3) is 0.688. The number of unbranched alkanes of at least 4 members (excludes halogenated alkanes) is 19. The van der Waals surface area contributed by atoms with Crippen molar-refractivity contribution in [1.82, 2.24) is 0 Å². The van der Waals surface area contributed by atoms with E-state index in [4.69, 9.17) is 17.6 Å². The molecule has 0 aliphatic carbocycles. The first-order valence-electron chi connectivity index (χ1n) is 14.0. The van der Waals surface area contributed by atoms with Crippen LogP contribution in [0.4, 0.5) is 0 Å². The lowest BCUT2D eigenvalue weighted by molar-refractivity contribution is 0.303. The van der Waals surface area contributed by atoms with E-state index in [-0.39, 0.29) is 0 Å². The molecule has 1 rings (SSSR count). The Labute approximate surface area is 206 Å². The van der Waals surface area contributed by atoms with E-state index in [0.717, 1.165) is 23.3 Å². The molecule has 0 spiro atoms. The van der Waals surface area contributed by atoms with Crippen molar-refractivity contribution in [2.75, 3.05) is 6.61 Å². The van der Waals surface area contributed by atoms with Crippen molar-refractivity contribution in [1.29, 1.82) is 0 Å². The molecule has 0 heterocycles. The standard InChI is InChI=1S/C32H50O/c1-4-7-8-9-10-11-12-13-14-15-16-17-18-19-20-21-22-23-24-25-28-33-32-29-30(5-2)26-27-31(32)6-3/h2-3,26-27,29H,4,7-25,28H2,1H3. The van der Waals surface area contributed by atoms with Crippen molar-refractivity contribution in [2.45, 2.75) is 135 Å². The Morgan fingerprint density at radius 1 is 0.576 bits per heavy atom. The van der Waals surface area contributed by atoms with Crippen LogP contribution in [0.15, 0.2) is 18.2 Å². The Bertz CT molecular complexity index is 660. The van der Waals surface area contributed by atoms with Gasteiger partial charge in [0.25, 0.3) is 0 Å². The van der Waals surface area contributed by atoms with Crippen LogP contribution in [0.2, 0.25) is 0 Å². The van der Waals surface area contributed by atoms with Crippen LogP contribution in [0.5, 0.6) is 5.75 Å². The predicted octanol–water partition coefficient (Wildman–Crippen LogP) is 9.85. The second kappa shape index (κ2) is 22.0. The molecule has 0 saturated heterocycles. The van der Waals surface area contributed by atoms with Crippen molar-refractivity contribution in [3.8, 4) is 30.4 Å². The van der Waals surface area contributed by atoms with Crippen LogP contribution in [0.1, 0.15) is 146 Å². The lowest BCUT2D eigenvalue weighted by Crippen LogP contribution is -1.99. The Kier molecular flexibility index (Phi) is 19.4. The van der Waals surface area contributed by atoms with Gasteiger partial charge in [-0.2, -0.15) is 0 Å². The highest BCUT2D eigenvalue weighted by atomic mass is 16.5. The highest BCUT2D eigenvalue weighted by molar-refractivity contribution is 5.50. The number of rotatable bonds is 22. The molecule has 1 nitrogen and oxygen atoms in total. The summed E-state index contributed by atoms with van der Waals surface area (Å²) in [5.74, 6) is 6.04. The number of benzene rings is 1. The Hall–Kier alpha value is -1.86. The first-order valence-corrected chi connectivity index (χ1v) is 14.0. The maximum Gasteiger partial charge on any atom is 0.136 e. The van der Waals surface area contributed by atoms with E-state index in [1.165, 1.54) is 122 Å². The smallest absolute Gasteiger partial charge is 0.136 e. The molecule has 0 bridgehead atoms. The molecule has 0 atom stereocenters. The van der Waals surface area contributed by atoms with Gasteiger partial charge in [-0.3, -0.25) is 0 Å². The summed E-state index contributed by atoms with van der Waals surface area (Å²) in [7, 11) is 0. The summed E-state index contributed by atoms with van der Waals surface area (Å²) in [4.78, 5) is 0. The molecule has 0 aliphatic rings. The third kappa shape index (κ3) is 16.4. The van der Waals surface area contributed by atoms with Crippen LogP contribution >= 0.6 is 0 Å². The largest absolute Gasteiger partial charge is 0.492 e. The molecule has 1 heteroatoms. The minimum atomic E-state index is 0.710. The van der Waals surface area contributed by atoms with Crippen molar-refractivity contribution in [2.24, 2.45) is 0 Å². The molecule has 1 aromatic rings. The van der Waals surface area contributed by atoms with Gasteiger partial charge >= 0.3 is 0 Å². The first-order chi connectivity index (χ1) is 16.3. The molecule has 0 saturated carbocycles. The van der Waals surface area contributed by atoms with E-state index in [1.54, 1.807) is 0 Å².